The summed E-state index contributed by atoms with van der Waals surface area (Å²) in [6.07, 6.45) is 7.42. The molecule has 2 amide bonds. The van der Waals surface area contributed by atoms with Gasteiger partial charge in [-0.25, -0.2) is 0 Å². The van der Waals surface area contributed by atoms with Crippen molar-refractivity contribution >= 4 is 29.0 Å². The number of rotatable bonds is 6. The van der Waals surface area contributed by atoms with Crippen molar-refractivity contribution in [2.75, 3.05) is 4.90 Å². The Morgan fingerprint density at radius 1 is 1.19 bits per heavy atom. The second-order valence-electron chi connectivity index (χ2n) is 7.93. The number of nitrogens with zero attached hydrogens (tertiary/aromatic N) is 4. The van der Waals surface area contributed by atoms with Gasteiger partial charge >= 0.3 is 0 Å². The Morgan fingerprint density at radius 3 is 2.65 bits per heavy atom. The average Bonchev–Trinajstić information content (AvgIpc) is 3.47. The van der Waals surface area contributed by atoms with Crippen LogP contribution < -0.4 is 10.2 Å². The number of anilines is 1. The highest BCUT2D eigenvalue weighted by atomic mass is 32.1. The molecule has 2 aromatic heterocycles. The molecule has 0 spiro atoms. The maximum atomic E-state index is 13.6. The van der Waals surface area contributed by atoms with Crippen LogP contribution in [0.2, 0.25) is 0 Å². The average molecular weight is 436 g/mol. The summed E-state index contributed by atoms with van der Waals surface area (Å²) in [6.45, 7) is 3.94. The molecule has 1 saturated carbocycles. The molecule has 1 aliphatic rings. The maximum Gasteiger partial charge on any atom is 0.280 e. The van der Waals surface area contributed by atoms with E-state index in [9.17, 15) is 9.59 Å². The van der Waals surface area contributed by atoms with Crippen LogP contribution in [0.5, 0.6) is 0 Å². The van der Waals surface area contributed by atoms with Gasteiger partial charge in [-0.1, -0.05) is 41.1 Å². The number of aromatic nitrogens is 3. The van der Waals surface area contributed by atoms with Crippen molar-refractivity contribution in [3.8, 4) is 0 Å². The lowest BCUT2D eigenvalue weighted by molar-refractivity contribution is -0.123. The molecule has 1 aliphatic carbocycles. The van der Waals surface area contributed by atoms with E-state index in [1.54, 1.807) is 23.8 Å². The van der Waals surface area contributed by atoms with Crippen LogP contribution in [-0.2, 0) is 4.79 Å². The molecule has 31 heavy (non-hydrogen) atoms. The van der Waals surface area contributed by atoms with Crippen molar-refractivity contribution in [1.29, 1.82) is 0 Å². The van der Waals surface area contributed by atoms with Crippen LogP contribution in [0.3, 0.4) is 0 Å². The molecule has 8 heteroatoms. The number of hydrogen-bond donors (Lipinski definition) is 1. The van der Waals surface area contributed by atoms with Gasteiger partial charge in [-0.2, -0.15) is 0 Å². The van der Waals surface area contributed by atoms with Gasteiger partial charge in [0, 0.05) is 35.1 Å². The zero-order valence-electron chi connectivity index (χ0n) is 17.6. The van der Waals surface area contributed by atoms with Crippen molar-refractivity contribution in [1.82, 2.24) is 19.9 Å². The molecule has 7 nitrogen and oxygen atoms in total. The molecule has 1 N–H and O–H groups in total. The van der Waals surface area contributed by atoms with E-state index in [1.807, 2.05) is 38.1 Å². The Morgan fingerprint density at radius 2 is 2.00 bits per heavy atom. The predicted molar refractivity (Wildman–Crippen MR) is 120 cm³/mol. The van der Waals surface area contributed by atoms with E-state index in [0.29, 0.717) is 11.3 Å². The van der Waals surface area contributed by atoms with Crippen LogP contribution in [0.1, 0.15) is 58.9 Å². The van der Waals surface area contributed by atoms with Gasteiger partial charge in [-0.15, -0.1) is 5.10 Å². The van der Waals surface area contributed by atoms with Crippen LogP contribution in [0, 0.1) is 13.8 Å². The predicted octanol–water partition coefficient (Wildman–Crippen LogP) is 4.00. The fourth-order valence-electron chi connectivity index (χ4n) is 4.13. The Hall–Kier alpha value is -3.13. The number of aryl methyl sites for hydroxylation is 2. The molecule has 1 aromatic carbocycles. The van der Waals surface area contributed by atoms with Crippen LogP contribution in [0.25, 0.3) is 0 Å². The minimum atomic E-state index is -0.870. The molecule has 3 aromatic rings. The summed E-state index contributed by atoms with van der Waals surface area (Å²) in [4.78, 5) is 33.0. The van der Waals surface area contributed by atoms with Crippen LogP contribution in [0.4, 0.5) is 5.69 Å². The molecular formula is C23H25N5O2S. The smallest absolute Gasteiger partial charge is 0.280 e. The van der Waals surface area contributed by atoms with Gasteiger partial charge in [-0.3, -0.25) is 19.5 Å². The first-order valence-electron chi connectivity index (χ1n) is 10.4. The number of carbonyl (C=O) groups excluding carboxylic acids is 2. The summed E-state index contributed by atoms with van der Waals surface area (Å²) in [6, 6.07) is 8.69. The third-order valence-electron chi connectivity index (χ3n) is 5.62. The standard InChI is InChI=1S/C23H25N5O2S/c1-15-9-10-20(16(2)12-15)28(23(30)19-14-31-27-26-19)21(17-6-5-11-24-13-17)22(29)25-18-7-3-4-8-18/h5-6,9-14,18,21H,3-4,7-8H2,1-2H3,(H,25,29)/t21-/m0/s1. The lowest BCUT2D eigenvalue weighted by Gasteiger charge is -2.32. The fraction of sp³-hybridized carbons (Fsp3) is 0.348. The molecule has 0 unspecified atom stereocenters. The summed E-state index contributed by atoms with van der Waals surface area (Å²) >= 11 is 1.11. The lowest BCUT2D eigenvalue weighted by atomic mass is 10.0. The number of hydrogen-bond acceptors (Lipinski definition) is 6. The summed E-state index contributed by atoms with van der Waals surface area (Å²) in [5, 5.41) is 8.75. The molecule has 0 aliphatic heterocycles. The molecule has 160 valence electrons. The highest BCUT2D eigenvalue weighted by molar-refractivity contribution is 7.03. The quantitative estimate of drug-likeness (QED) is 0.632. The molecular weight excluding hydrogens is 410 g/mol. The highest BCUT2D eigenvalue weighted by Crippen LogP contribution is 2.33. The van der Waals surface area contributed by atoms with E-state index >= 15 is 0 Å². The van der Waals surface area contributed by atoms with Crippen molar-refractivity contribution in [3.63, 3.8) is 0 Å². The van der Waals surface area contributed by atoms with Crippen molar-refractivity contribution in [3.05, 3.63) is 70.5 Å². The second-order valence-corrected chi connectivity index (χ2v) is 8.54. The van der Waals surface area contributed by atoms with Gasteiger partial charge < -0.3 is 5.32 Å². The van der Waals surface area contributed by atoms with Gasteiger partial charge in [0.05, 0.1) is 0 Å². The van der Waals surface area contributed by atoms with Gasteiger partial charge in [-0.05, 0) is 55.9 Å². The molecule has 1 fully saturated rings. The van der Waals surface area contributed by atoms with Gasteiger partial charge in [0.2, 0.25) is 5.91 Å². The minimum Gasteiger partial charge on any atom is -0.351 e. The first-order chi connectivity index (χ1) is 15.0. The molecule has 1 atom stereocenters. The second kappa shape index (κ2) is 9.34. The summed E-state index contributed by atoms with van der Waals surface area (Å²) in [5.74, 6) is -0.576. The first kappa shape index (κ1) is 21.1. The fourth-order valence-corrected chi connectivity index (χ4v) is 4.56. The van der Waals surface area contributed by atoms with Crippen LogP contribution in [-0.4, -0.2) is 32.4 Å². The van der Waals surface area contributed by atoms with E-state index in [4.69, 9.17) is 0 Å². The molecule has 2 heterocycles. The van der Waals surface area contributed by atoms with E-state index in [1.165, 1.54) is 4.90 Å². The Kier molecular flexibility index (Phi) is 6.36. The third-order valence-corrected chi connectivity index (χ3v) is 6.12. The normalized spacial score (nSPS) is 14.9. The van der Waals surface area contributed by atoms with E-state index < -0.39 is 6.04 Å². The van der Waals surface area contributed by atoms with E-state index in [2.05, 4.69) is 19.9 Å². The molecule has 0 saturated heterocycles. The SMILES string of the molecule is Cc1ccc(N(C(=O)c2csnn2)[C@H](C(=O)NC2CCCC2)c2cccnc2)c(C)c1. The first-order valence-corrected chi connectivity index (χ1v) is 11.3. The highest BCUT2D eigenvalue weighted by Gasteiger charge is 2.36. The zero-order valence-corrected chi connectivity index (χ0v) is 18.4. The third kappa shape index (κ3) is 4.64. The van der Waals surface area contributed by atoms with Crippen molar-refractivity contribution < 1.29 is 9.59 Å². The van der Waals surface area contributed by atoms with Gasteiger partial charge in [0.15, 0.2) is 5.69 Å². The van der Waals surface area contributed by atoms with Gasteiger partial charge in [0.1, 0.15) is 6.04 Å². The van der Waals surface area contributed by atoms with Gasteiger partial charge in [0.25, 0.3) is 5.91 Å². The number of benzene rings is 1. The summed E-state index contributed by atoms with van der Waals surface area (Å²) in [7, 11) is 0. The summed E-state index contributed by atoms with van der Waals surface area (Å²) < 4.78 is 3.85. The Bertz CT molecular complexity index is 1050. The molecule has 4 rings (SSSR count). The number of nitrogens with one attached hydrogen (secondary N) is 1. The maximum absolute atomic E-state index is 13.6. The Balaban J connectivity index is 1.82. The number of amides is 2. The topological polar surface area (TPSA) is 88.1 Å². The van der Waals surface area contributed by atoms with E-state index in [-0.39, 0.29) is 23.6 Å². The van der Waals surface area contributed by atoms with E-state index in [0.717, 1.165) is 48.3 Å². The zero-order chi connectivity index (χ0) is 21.8. The van der Waals surface area contributed by atoms with Crippen LogP contribution >= 0.6 is 11.5 Å². The monoisotopic (exact) mass is 435 g/mol. The summed E-state index contributed by atoms with van der Waals surface area (Å²) in [5.41, 5.74) is 3.51. The molecule has 0 radical (unpaired) electrons. The number of pyridine rings is 1. The minimum absolute atomic E-state index is 0.128. The van der Waals surface area contributed by atoms with Crippen molar-refractivity contribution in [2.24, 2.45) is 0 Å². The lowest BCUT2D eigenvalue weighted by Crippen LogP contribution is -2.46. The van der Waals surface area contributed by atoms with Crippen LogP contribution in [0.15, 0.2) is 48.1 Å². The number of carbonyl (C=O) groups is 2. The largest absolute Gasteiger partial charge is 0.351 e. The molecule has 0 bridgehead atoms. The van der Waals surface area contributed by atoms with Crippen molar-refractivity contribution in [2.45, 2.75) is 51.6 Å². The Labute approximate surface area is 185 Å².